The number of hydrogen-bond acceptors (Lipinski definition) is 2. The summed E-state index contributed by atoms with van der Waals surface area (Å²) in [6.07, 6.45) is 12.7. The second-order valence-corrected chi connectivity index (χ2v) is 5.89. The van der Waals surface area contributed by atoms with Crippen molar-refractivity contribution >= 4 is 17.6 Å². The molecule has 1 aliphatic rings. The van der Waals surface area contributed by atoms with Crippen LogP contribution in [0.1, 0.15) is 77.6 Å². The van der Waals surface area contributed by atoms with Crippen molar-refractivity contribution < 1.29 is 9.53 Å². The lowest BCUT2D eigenvalue weighted by molar-refractivity contribution is -0.148. The fraction of sp³-hybridized carbons (Fsp3) is 0.933. The third kappa shape index (κ3) is 6.63. The standard InChI is InChI=1S/C15H27ClO2/c1-2-3-4-5-6-7-12-14(16)15(17)18-13-10-8-9-11-13/h13-14H,2-12H2,1H3. The molecule has 0 saturated heterocycles. The fourth-order valence-corrected chi connectivity index (χ4v) is 2.67. The maximum absolute atomic E-state index is 11.7. The average Bonchev–Trinajstić information content (AvgIpc) is 2.86. The van der Waals surface area contributed by atoms with Crippen LogP contribution >= 0.6 is 11.6 Å². The monoisotopic (exact) mass is 274 g/mol. The van der Waals surface area contributed by atoms with E-state index in [4.69, 9.17) is 16.3 Å². The van der Waals surface area contributed by atoms with Crippen molar-refractivity contribution in [2.45, 2.75) is 89.0 Å². The molecule has 0 aromatic rings. The molecule has 2 nitrogen and oxygen atoms in total. The van der Waals surface area contributed by atoms with E-state index in [2.05, 4.69) is 6.92 Å². The summed E-state index contributed by atoms with van der Waals surface area (Å²) in [5.74, 6) is -0.197. The summed E-state index contributed by atoms with van der Waals surface area (Å²) in [7, 11) is 0. The third-order valence-corrected chi connectivity index (χ3v) is 4.05. The number of unbranched alkanes of at least 4 members (excludes halogenated alkanes) is 5. The first-order valence-electron chi connectivity index (χ1n) is 7.58. The molecule has 0 bridgehead atoms. The minimum atomic E-state index is -0.434. The first-order chi connectivity index (χ1) is 8.74. The highest BCUT2D eigenvalue weighted by Crippen LogP contribution is 2.22. The van der Waals surface area contributed by atoms with E-state index in [1.54, 1.807) is 0 Å². The van der Waals surface area contributed by atoms with Crippen LogP contribution in [0.25, 0.3) is 0 Å². The molecule has 0 radical (unpaired) electrons. The van der Waals surface area contributed by atoms with Gasteiger partial charge in [-0.25, -0.2) is 0 Å². The summed E-state index contributed by atoms with van der Waals surface area (Å²) in [4.78, 5) is 11.7. The van der Waals surface area contributed by atoms with Gasteiger partial charge in [0, 0.05) is 0 Å². The molecule has 1 atom stereocenters. The Labute approximate surface area is 116 Å². The van der Waals surface area contributed by atoms with Gasteiger partial charge in [-0.15, -0.1) is 11.6 Å². The first-order valence-corrected chi connectivity index (χ1v) is 8.02. The molecule has 1 fully saturated rings. The van der Waals surface area contributed by atoms with E-state index in [1.807, 2.05) is 0 Å². The molecular formula is C15H27ClO2. The molecule has 1 unspecified atom stereocenters. The van der Waals surface area contributed by atoms with Crippen molar-refractivity contribution in [2.24, 2.45) is 0 Å². The van der Waals surface area contributed by atoms with Crippen LogP contribution in [-0.2, 0) is 9.53 Å². The number of carbonyl (C=O) groups excluding carboxylic acids is 1. The zero-order valence-electron chi connectivity index (χ0n) is 11.6. The molecule has 1 saturated carbocycles. The molecule has 0 aromatic carbocycles. The van der Waals surface area contributed by atoms with Crippen LogP contribution in [-0.4, -0.2) is 17.5 Å². The summed E-state index contributed by atoms with van der Waals surface area (Å²) in [5.41, 5.74) is 0. The molecule has 0 spiro atoms. The van der Waals surface area contributed by atoms with Crippen LogP contribution in [0.15, 0.2) is 0 Å². The van der Waals surface area contributed by atoms with Crippen LogP contribution in [0.2, 0.25) is 0 Å². The molecule has 1 rings (SSSR count). The normalized spacial score (nSPS) is 17.9. The summed E-state index contributed by atoms with van der Waals surface area (Å²) < 4.78 is 5.40. The second kappa shape index (κ2) is 9.66. The Bertz CT molecular complexity index is 225. The summed E-state index contributed by atoms with van der Waals surface area (Å²) in [5, 5.41) is -0.434. The number of esters is 1. The Morgan fingerprint density at radius 2 is 1.78 bits per heavy atom. The van der Waals surface area contributed by atoms with Gasteiger partial charge in [0.15, 0.2) is 0 Å². The molecule has 0 aliphatic heterocycles. The Morgan fingerprint density at radius 3 is 2.44 bits per heavy atom. The van der Waals surface area contributed by atoms with Gasteiger partial charge in [0.2, 0.25) is 0 Å². The molecule has 0 amide bonds. The van der Waals surface area contributed by atoms with Crippen LogP contribution in [0, 0.1) is 0 Å². The number of alkyl halides is 1. The maximum atomic E-state index is 11.7. The Kier molecular flexibility index (Phi) is 8.49. The Morgan fingerprint density at radius 1 is 1.17 bits per heavy atom. The molecule has 18 heavy (non-hydrogen) atoms. The SMILES string of the molecule is CCCCCCCCC(Cl)C(=O)OC1CCCC1. The van der Waals surface area contributed by atoms with Crippen molar-refractivity contribution in [3.8, 4) is 0 Å². The largest absolute Gasteiger partial charge is 0.461 e. The quantitative estimate of drug-likeness (QED) is 0.342. The third-order valence-electron chi connectivity index (χ3n) is 3.65. The number of rotatable bonds is 9. The van der Waals surface area contributed by atoms with E-state index in [-0.39, 0.29) is 12.1 Å². The number of ether oxygens (including phenoxy) is 1. The van der Waals surface area contributed by atoms with E-state index in [9.17, 15) is 4.79 Å². The molecule has 0 N–H and O–H groups in total. The van der Waals surface area contributed by atoms with Gasteiger partial charge in [0.1, 0.15) is 11.5 Å². The molecule has 1 aliphatic carbocycles. The lowest BCUT2D eigenvalue weighted by Gasteiger charge is -2.14. The van der Waals surface area contributed by atoms with Crippen molar-refractivity contribution in [3.63, 3.8) is 0 Å². The highest BCUT2D eigenvalue weighted by Gasteiger charge is 2.23. The predicted molar refractivity (Wildman–Crippen MR) is 76.0 cm³/mol. The summed E-state index contributed by atoms with van der Waals surface area (Å²) in [6, 6.07) is 0. The van der Waals surface area contributed by atoms with E-state index < -0.39 is 5.38 Å². The number of hydrogen-bond donors (Lipinski definition) is 0. The molecule has 106 valence electrons. The first kappa shape index (κ1) is 15.8. The van der Waals surface area contributed by atoms with Crippen LogP contribution in [0.3, 0.4) is 0 Å². The zero-order chi connectivity index (χ0) is 13.2. The van der Waals surface area contributed by atoms with Crippen molar-refractivity contribution in [3.05, 3.63) is 0 Å². The minimum absolute atomic E-state index is 0.142. The van der Waals surface area contributed by atoms with Gasteiger partial charge in [-0.1, -0.05) is 45.4 Å². The highest BCUT2D eigenvalue weighted by atomic mass is 35.5. The van der Waals surface area contributed by atoms with Crippen LogP contribution in [0.5, 0.6) is 0 Å². The van der Waals surface area contributed by atoms with Crippen molar-refractivity contribution in [2.75, 3.05) is 0 Å². The fourth-order valence-electron chi connectivity index (χ4n) is 2.47. The lowest BCUT2D eigenvalue weighted by atomic mass is 10.1. The smallest absolute Gasteiger partial charge is 0.324 e. The van der Waals surface area contributed by atoms with Crippen molar-refractivity contribution in [1.29, 1.82) is 0 Å². The molecule has 3 heteroatoms. The molecule has 0 aromatic heterocycles. The lowest BCUT2D eigenvalue weighted by Crippen LogP contribution is -2.23. The van der Waals surface area contributed by atoms with Gasteiger partial charge in [-0.3, -0.25) is 4.79 Å². The van der Waals surface area contributed by atoms with Crippen LogP contribution < -0.4 is 0 Å². The van der Waals surface area contributed by atoms with Gasteiger partial charge in [-0.2, -0.15) is 0 Å². The summed E-state index contributed by atoms with van der Waals surface area (Å²) >= 11 is 6.08. The van der Waals surface area contributed by atoms with Crippen molar-refractivity contribution in [1.82, 2.24) is 0 Å². The Balaban J connectivity index is 2.00. The highest BCUT2D eigenvalue weighted by molar-refractivity contribution is 6.29. The predicted octanol–water partition coefficient (Wildman–Crippen LogP) is 4.83. The minimum Gasteiger partial charge on any atom is -0.461 e. The van der Waals surface area contributed by atoms with Crippen LogP contribution in [0.4, 0.5) is 0 Å². The second-order valence-electron chi connectivity index (χ2n) is 5.37. The number of halogens is 1. The van der Waals surface area contributed by atoms with Gasteiger partial charge < -0.3 is 4.74 Å². The van der Waals surface area contributed by atoms with Gasteiger partial charge in [-0.05, 0) is 32.1 Å². The Hall–Kier alpha value is -0.240. The number of carbonyl (C=O) groups is 1. The van der Waals surface area contributed by atoms with E-state index >= 15 is 0 Å². The molecule has 0 heterocycles. The zero-order valence-corrected chi connectivity index (χ0v) is 12.4. The van der Waals surface area contributed by atoms with E-state index in [0.29, 0.717) is 0 Å². The van der Waals surface area contributed by atoms with Gasteiger partial charge in [0.05, 0.1) is 0 Å². The van der Waals surface area contributed by atoms with E-state index in [1.165, 1.54) is 44.9 Å². The van der Waals surface area contributed by atoms with Gasteiger partial charge >= 0.3 is 5.97 Å². The maximum Gasteiger partial charge on any atom is 0.324 e. The topological polar surface area (TPSA) is 26.3 Å². The average molecular weight is 275 g/mol. The summed E-state index contributed by atoms with van der Waals surface area (Å²) in [6.45, 7) is 2.22. The molecular weight excluding hydrogens is 248 g/mol. The van der Waals surface area contributed by atoms with Gasteiger partial charge in [0.25, 0.3) is 0 Å². The van der Waals surface area contributed by atoms with E-state index in [0.717, 1.165) is 25.7 Å².